The van der Waals surface area contributed by atoms with Gasteiger partial charge in [-0.05, 0) is 37.9 Å². The normalized spacial score (nSPS) is 19.9. The van der Waals surface area contributed by atoms with Crippen molar-refractivity contribution < 1.29 is 4.79 Å². The molecule has 2 rings (SSSR count). The number of hydrogen-bond donors (Lipinski definition) is 2. The molecule has 1 fully saturated rings. The maximum absolute atomic E-state index is 11.9. The Hall–Kier alpha value is -1.42. The third kappa shape index (κ3) is 3.53. The first-order valence-electron chi connectivity index (χ1n) is 6.19. The van der Waals surface area contributed by atoms with E-state index in [4.69, 9.17) is 0 Å². The van der Waals surface area contributed by atoms with Crippen molar-refractivity contribution in [2.75, 3.05) is 13.1 Å². The van der Waals surface area contributed by atoms with Crippen LogP contribution in [0.1, 0.15) is 35.2 Å². The summed E-state index contributed by atoms with van der Waals surface area (Å²) >= 11 is 0. The SMILES string of the molecule is Cc1cncc(C(=O)NCC2CCCCN2)c1. The molecule has 1 atom stereocenters. The van der Waals surface area contributed by atoms with Crippen LogP contribution in [0.3, 0.4) is 0 Å². The number of piperidine rings is 1. The van der Waals surface area contributed by atoms with E-state index in [0.29, 0.717) is 18.2 Å². The minimum Gasteiger partial charge on any atom is -0.350 e. The molecule has 2 heterocycles. The van der Waals surface area contributed by atoms with Crippen LogP contribution in [0, 0.1) is 6.92 Å². The molecule has 1 aliphatic heterocycles. The highest BCUT2D eigenvalue weighted by molar-refractivity contribution is 5.94. The molecule has 0 aromatic carbocycles. The summed E-state index contributed by atoms with van der Waals surface area (Å²) in [5.74, 6) is -0.0337. The predicted octanol–water partition coefficient (Wildman–Crippen LogP) is 1.26. The van der Waals surface area contributed by atoms with Gasteiger partial charge in [0.15, 0.2) is 0 Å². The number of nitrogens with zero attached hydrogens (tertiary/aromatic N) is 1. The van der Waals surface area contributed by atoms with Crippen LogP contribution in [0.5, 0.6) is 0 Å². The number of hydrogen-bond acceptors (Lipinski definition) is 3. The molecule has 1 unspecified atom stereocenters. The van der Waals surface area contributed by atoms with E-state index in [1.54, 1.807) is 12.4 Å². The second-order valence-corrected chi connectivity index (χ2v) is 4.61. The van der Waals surface area contributed by atoms with Gasteiger partial charge in [0.25, 0.3) is 5.91 Å². The van der Waals surface area contributed by atoms with Crippen LogP contribution in [-0.2, 0) is 0 Å². The van der Waals surface area contributed by atoms with Crippen LogP contribution in [-0.4, -0.2) is 30.0 Å². The van der Waals surface area contributed by atoms with Crippen LogP contribution in [0.4, 0.5) is 0 Å². The van der Waals surface area contributed by atoms with Gasteiger partial charge in [0.1, 0.15) is 0 Å². The van der Waals surface area contributed by atoms with Gasteiger partial charge in [0.2, 0.25) is 0 Å². The monoisotopic (exact) mass is 233 g/mol. The quantitative estimate of drug-likeness (QED) is 0.826. The number of aromatic nitrogens is 1. The standard InChI is InChI=1S/C13H19N3O/c1-10-6-11(8-14-7-10)13(17)16-9-12-4-2-3-5-15-12/h6-8,12,15H,2-5,9H2,1H3,(H,16,17). The Labute approximate surface area is 102 Å². The minimum atomic E-state index is -0.0337. The van der Waals surface area contributed by atoms with Crippen LogP contribution in [0.2, 0.25) is 0 Å². The lowest BCUT2D eigenvalue weighted by Gasteiger charge is -2.23. The number of rotatable bonds is 3. The van der Waals surface area contributed by atoms with E-state index < -0.39 is 0 Å². The largest absolute Gasteiger partial charge is 0.350 e. The van der Waals surface area contributed by atoms with Crippen molar-refractivity contribution in [1.82, 2.24) is 15.6 Å². The summed E-state index contributed by atoms with van der Waals surface area (Å²) in [6.45, 7) is 3.70. The molecule has 1 amide bonds. The lowest BCUT2D eigenvalue weighted by Crippen LogP contribution is -2.43. The topological polar surface area (TPSA) is 54.0 Å². The molecule has 1 aromatic heterocycles. The average molecular weight is 233 g/mol. The molecule has 0 aliphatic carbocycles. The van der Waals surface area contributed by atoms with E-state index in [1.807, 2.05) is 13.0 Å². The second kappa shape index (κ2) is 5.77. The first-order valence-corrected chi connectivity index (χ1v) is 6.19. The minimum absolute atomic E-state index is 0.0337. The molecule has 4 nitrogen and oxygen atoms in total. The van der Waals surface area contributed by atoms with Gasteiger partial charge < -0.3 is 10.6 Å². The van der Waals surface area contributed by atoms with E-state index in [9.17, 15) is 4.79 Å². The number of pyridine rings is 1. The number of nitrogens with one attached hydrogen (secondary N) is 2. The zero-order valence-corrected chi connectivity index (χ0v) is 10.2. The van der Waals surface area contributed by atoms with Crippen molar-refractivity contribution >= 4 is 5.91 Å². The highest BCUT2D eigenvalue weighted by Crippen LogP contribution is 2.06. The molecule has 0 bridgehead atoms. The fourth-order valence-corrected chi connectivity index (χ4v) is 2.10. The van der Waals surface area contributed by atoms with Crippen LogP contribution in [0.25, 0.3) is 0 Å². The van der Waals surface area contributed by atoms with Crippen molar-refractivity contribution in [3.63, 3.8) is 0 Å². The maximum Gasteiger partial charge on any atom is 0.252 e. The van der Waals surface area contributed by atoms with Gasteiger partial charge in [0.05, 0.1) is 5.56 Å². The summed E-state index contributed by atoms with van der Waals surface area (Å²) in [5.41, 5.74) is 1.65. The molecular weight excluding hydrogens is 214 g/mol. The van der Waals surface area contributed by atoms with Crippen molar-refractivity contribution in [3.05, 3.63) is 29.6 Å². The third-order valence-corrected chi connectivity index (χ3v) is 3.06. The Morgan fingerprint density at radius 3 is 3.12 bits per heavy atom. The number of carbonyl (C=O) groups excluding carboxylic acids is 1. The van der Waals surface area contributed by atoms with Crippen molar-refractivity contribution in [2.45, 2.75) is 32.2 Å². The van der Waals surface area contributed by atoms with Crippen LogP contribution < -0.4 is 10.6 Å². The van der Waals surface area contributed by atoms with Crippen LogP contribution in [0.15, 0.2) is 18.5 Å². The molecule has 0 saturated carbocycles. The van der Waals surface area contributed by atoms with Gasteiger partial charge in [-0.25, -0.2) is 0 Å². The summed E-state index contributed by atoms with van der Waals surface area (Å²) in [6.07, 6.45) is 6.99. The first-order chi connectivity index (χ1) is 8.25. The molecule has 0 radical (unpaired) electrons. The Morgan fingerprint density at radius 1 is 1.53 bits per heavy atom. The Morgan fingerprint density at radius 2 is 2.41 bits per heavy atom. The van der Waals surface area contributed by atoms with Gasteiger partial charge in [-0.15, -0.1) is 0 Å². The van der Waals surface area contributed by atoms with Gasteiger partial charge in [-0.1, -0.05) is 6.42 Å². The molecule has 92 valence electrons. The molecular formula is C13H19N3O. The Bertz CT molecular complexity index is 386. The number of aryl methyl sites for hydroxylation is 1. The van der Waals surface area contributed by atoms with Gasteiger partial charge in [0, 0.05) is 25.0 Å². The van der Waals surface area contributed by atoms with Crippen molar-refractivity contribution in [1.29, 1.82) is 0 Å². The van der Waals surface area contributed by atoms with Gasteiger partial charge in [-0.3, -0.25) is 9.78 Å². The molecule has 1 saturated heterocycles. The maximum atomic E-state index is 11.9. The highest BCUT2D eigenvalue weighted by Gasteiger charge is 2.14. The predicted molar refractivity (Wildman–Crippen MR) is 66.9 cm³/mol. The number of amides is 1. The summed E-state index contributed by atoms with van der Waals surface area (Å²) in [5, 5.41) is 6.36. The lowest BCUT2D eigenvalue weighted by atomic mass is 10.1. The molecule has 0 spiro atoms. The van der Waals surface area contributed by atoms with Gasteiger partial charge in [-0.2, -0.15) is 0 Å². The van der Waals surface area contributed by atoms with Crippen molar-refractivity contribution in [3.8, 4) is 0 Å². The van der Waals surface area contributed by atoms with E-state index in [0.717, 1.165) is 18.5 Å². The van der Waals surface area contributed by atoms with E-state index in [1.165, 1.54) is 12.8 Å². The van der Waals surface area contributed by atoms with Gasteiger partial charge >= 0.3 is 0 Å². The lowest BCUT2D eigenvalue weighted by molar-refractivity contribution is 0.0947. The molecule has 1 aromatic rings. The summed E-state index contributed by atoms with van der Waals surface area (Å²) in [7, 11) is 0. The molecule has 2 N–H and O–H groups in total. The third-order valence-electron chi connectivity index (χ3n) is 3.06. The summed E-state index contributed by atoms with van der Waals surface area (Å²) in [6, 6.07) is 2.28. The van der Waals surface area contributed by atoms with E-state index >= 15 is 0 Å². The smallest absolute Gasteiger partial charge is 0.252 e. The van der Waals surface area contributed by atoms with E-state index in [-0.39, 0.29) is 5.91 Å². The van der Waals surface area contributed by atoms with Crippen LogP contribution >= 0.6 is 0 Å². The fourth-order valence-electron chi connectivity index (χ4n) is 2.10. The summed E-state index contributed by atoms with van der Waals surface area (Å²) in [4.78, 5) is 15.9. The zero-order valence-electron chi connectivity index (χ0n) is 10.2. The Kier molecular flexibility index (Phi) is 4.09. The average Bonchev–Trinajstić information content (AvgIpc) is 2.37. The molecule has 17 heavy (non-hydrogen) atoms. The van der Waals surface area contributed by atoms with Crippen molar-refractivity contribution in [2.24, 2.45) is 0 Å². The second-order valence-electron chi connectivity index (χ2n) is 4.61. The molecule has 4 heteroatoms. The highest BCUT2D eigenvalue weighted by atomic mass is 16.1. The Balaban J connectivity index is 1.84. The zero-order chi connectivity index (χ0) is 12.1. The first kappa shape index (κ1) is 12.0. The summed E-state index contributed by atoms with van der Waals surface area (Å²) < 4.78 is 0. The fraction of sp³-hybridized carbons (Fsp3) is 0.538. The molecule has 1 aliphatic rings. The van der Waals surface area contributed by atoms with E-state index in [2.05, 4.69) is 15.6 Å². The number of carbonyl (C=O) groups is 1.